The monoisotopic (exact) mass is 351 g/mol. The average molecular weight is 352 g/mol. The predicted octanol–water partition coefficient (Wildman–Crippen LogP) is 1.50. The van der Waals surface area contributed by atoms with E-state index in [2.05, 4.69) is 15.6 Å². The molecule has 126 valence electrons. The van der Waals surface area contributed by atoms with Gasteiger partial charge >= 0.3 is 12.1 Å². The summed E-state index contributed by atoms with van der Waals surface area (Å²) in [7, 11) is 0. The minimum atomic E-state index is -1.25. The van der Waals surface area contributed by atoms with Crippen LogP contribution in [0.2, 0.25) is 5.02 Å². The molecule has 2 atom stereocenters. The Bertz CT molecular complexity index is 819. The number of cyclic esters (lactones) is 1. The highest BCUT2D eigenvalue weighted by Crippen LogP contribution is 2.20. The van der Waals surface area contributed by atoms with Gasteiger partial charge in [0, 0.05) is 15.9 Å². The lowest BCUT2D eigenvalue weighted by Gasteiger charge is -2.30. The van der Waals surface area contributed by atoms with Crippen LogP contribution >= 0.6 is 11.6 Å². The number of carboxylic acid groups (broad SMARTS) is 1. The second-order valence-electron chi connectivity index (χ2n) is 5.44. The standard InChI is InChI=1S/C15H14ClN3O5/c16-8-1-2-9-7(3-8)4-11(17-9)14(21)18-10-5-13(20)24-6-12(10)19-15(22)23/h1-4,10,12,17,19H,5-6H2,(H,18,21)(H,22,23)/t10-,12-/m0/s1. The summed E-state index contributed by atoms with van der Waals surface area (Å²) in [6.45, 7) is -0.127. The van der Waals surface area contributed by atoms with E-state index in [0.717, 1.165) is 10.9 Å². The van der Waals surface area contributed by atoms with Gasteiger partial charge in [-0.05, 0) is 24.3 Å². The molecule has 1 aliphatic heterocycles. The van der Waals surface area contributed by atoms with Crippen molar-refractivity contribution in [1.29, 1.82) is 0 Å². The minimum Gasteiger partial charge on any atom is -0.465 e. The topological polar surface area (TPSA) is 121 Å². The number of H-pyrrole nitrogens is 1. The molecule has 24 heavy (non-hydrogen) atoms. The summed E-state index contributed by atoms with van der Waals surface area (Å²) >= 11 is 5.92. The summed E-state index contributed by atoms with van der Waals surface area (Å²) in [6, 6.07) is 5.41. The Hall–Kier alpha value is -2.74. The van der Waals surface area contributed by atoms with E-state index >= 15 is 0 Å². The summed E-state index contributed by atoms with van der Waals surface area (Å²) < 4.78 is 4.83. The summed E-state index contributed by atoms with van der Waals surface area (Å²) in [5.41, 5.74) is 1.04. The van der Waals surface area contributed by atoms with Gasteiger partial charge in [-0.2, -0.15) is 0 Å². The van der Waals surface area contributed by atoms with Gasteiger partial charge < -0.3 is 25.5 Å². The number of hydrogen-bond acceptors (Lipinski definition) is 4. The Kier molecular flexibility index (Phi) is 4.30. The third-order valence-corrected chi connectivity index (χ3v) is 3.98. The van der Waals surface area contributed by atoms with Crippen LogP contribution in [0, 0.1) is 0 Å². The molecule has 0 aliphatic carbocycles. The molecule has 8 nitrogen and oxygen atoms in total. The average Bonchev–Trinajstić information content (AvgIpc) is 2.92. The van der Waals surface area contributed by atoms with Crippen LogP contribution in [0.1, 0.15) is 16.9 Å². The number of carbonyl (C=O) groups excluding carboxylic acids is 2. The van der Waals surface area contributed by atoms with Crippen molar-refractivity contribution in [3.63, 3.8) is 0 Å². The van der Waals surface area contributed by atoms with Crippen molar-refractivity contribution in [1.82, 2.24) is 15.6 Å². The second-order valence-corrected chi connectivity index (χ2v) is 5.87. The zero-order chi connectivity index (χ0) is 17.3. The number of benzene rings is 1. The van der Waals surface area contributed by atoms with E-state index in [1.54, 1.807) is 24.3 Å². The van der Waals surface area contributed by atoms with Crippen LogP contribution in [0.4, 0.5) is 4.79 Å². The fourth-order valence-electron chi connectivity index (χ4n) is 2.60. The number of halogens is 1. The molecule has 3 rings (SSSR count). The number of amides is 2. The molecule has 0 spiro atoms. The summed E-state index contributed by atoms with van der Waals surface area (Å²) in [5.74, 6) is -0.939. The zero-order valence-electron chi connectivity index (χ0n) is 12.3. The van der Waals surface area contributed by atoms with Gasteiger partial charge in [0.15, 0.2) is 0 Å². The van der Waals surface area contributed by atoms with Crippen molar-refractivity contribution in [3.05, 3.63) is 35.0 Å². The molecule has 2 amide bonds. The Morgan fingerprint density at radius 2 is 2.04 bits per heavy atom. The van der Waals surface area contributed by atoms with E-state index in [0.29, 0.717) is 10.7 Å². The SMILES string of the molecule is O=C(O)N[C@H]1COC(=O)C[C@@H]1NC(=O)c1cc2cc(Cl)ccc2[nH]1. The molecule has 0 saturated carbocycles. The maximum atomic E-state index is 12.4. The Morgan fingerprint density at radius 1 is 1.25 bits per heavy atom. The molecule has 0 bridgehead atoms. The maximum Gasteiger partial charge on any atom is 0.405 e. The highest BCUT2D eigenvalue weighted by molar-refractivity contribution is 6.31. The van der Waals surface area contributed by atoms with Gasteiger partial charge in [0.2, 0.25) is 0 Å². The molecular weight excluding hydrogens is 338 g/mol. The van der Waals surface area contributed by atoms with E-state index in [1.165, 1.54) is 0 Å². The predicted molar refractivity (Wildman–Crippen MR) is 85.1 cm³/mol. The van der Waals surface area contributed by atoms with Crippen LogP contribution in [0.15, 0.2) is 24.3 Å². The van der Waals surface area contributed by atoms with E-state index in [9.17, 15) is 14.4 Å². The fraction of sp³-hybridized carbons (Fsp3) is 0.267. The molecule has 0 radical (unpaired) electrons. The van der Waals surface area contributed by atoms with Crippen LogP contribution in [0.3, 0.4) is 0 Å². The van der Waals surface area contributed by atoms with E-state index in [1.807, 2.05) is 0 Å². The molecule has 1 saturated heterocycles. The van der Waals surface area contributed by atoms with E-state index < -0.39 is 30.1 Å². The molecule has 1 aromatic heterocycles. The van der Waals surface area contributed by atoms with Gasteiger partial charge in [0.1, 0.15) is 12.3 Å². The number of fused-ring (bicyclic) bond motifs is 1. The fourth-order valence-corrected chi connectivity index (χ4v) is 2.78. The molecule has 0 unspecified atom stereocenters. The second kappa shape index (κ2) is 6.40. The first kappa shape index (κ1) is 16.1. The van der Waals surface area contributed by atoms with Crippen LogP contribution < -0.4 is 10.6 Å². The lowest BCUT2D eigenvalue weighted by atomic mass is 10.0. The number of hydrogen-bond donors (Lipinski definition) is 4. The van der Waals surface area contributed by atoms with Crippen LogP contribution in [0.25, 0.3) is 10.9 Å². The lowest BCUT2D eigenvalue weighted by molar-refractivity contribution is -0.149. The van der Waals surface area contributed by atoms with Gasteiger partial charge in [0.25, 0.3) is 5.91 Å². The molecule has 1 aliphatic rings. The molecular formula is C15H14ClN3O5. The van der Waals surface area contributed by atoms with Crippen LogP contribution in [-0.2, 0) is 9.53 Å². The van der Waals surface area contributed by atoms with Crippen molar-refractivity contribution < 1.29 is 24.2 Å². The quantitative estimate of drug-likeness (QED) is 0.624. The number of esters is 1. The number of rotatable bonds is 3. The van der Waals surface area contributed by atoms with Gasteiger partial charge in [0.05, 0.1) is 18.5 Å². The molecule has 1 aromatic carbocycles. The van der Waals surface area contributed by atoms with E-state index in [-0.39, 0.29) is 13.0 Å². The Labute approximate surface area is 141 Å². The first-order chi connectivity index (χ1) is 11.4. The third-order valence-electron chi connectivity index (χ3n) is 3.75. The van der Waals surface area contributed by atoms with Crippen molar-refractivity contribution in [2.24, 2.45) is 0 Å². The first-order valence-corrected chi connectivity index (χ1v) is 7.54. The number of aromatic nitrogens is 1. The lowest BCUT2D eigenvalue weighted by Crippen LogP contribution is -2.57. The molecule has 9 heteroatoms. The highest BCUT2D eigenvalue weighted by atomic mass is 35.5. The highest BCUT2D eigenvalue weighted by Gasteiger charge is 2.33. The third kappa shape index (κ3) is 3.43. The van der Waals surface area contributed by atoms with Gasteiger partial charge in [-0.15, -0.1) is 0 Å². The Balaban J connectivity index is 1.77. The molecule has 2 aromatic rings. The molecule has 2 heterocycles. The van der Waals surface area contributed by atoms with Crippen molar-refractivity contribution >= 4 is 40.5 Å². The summed E-state index contributed by atoms with van der Waals surface area (Å²) in [6.07, 6.45) is -1.36. The number of nitrogens with one attached hydrogen (secondary N) is 3. The number of ether oxygens (including phenoxy) is 1. The number of carbonyl (C=O) groups is 3. The smallest absolute Gasteiger partial charge is 0.405 e. The molecule has 4 N–H and O–H groups in total. The number of aromatic amines is 1. The summed E-state index contributed by atoms with van der Waals surface area (Å²) in [5, 5.41) is 15.1. The minimum absolute atomic E-state index is 0.108. The zero-order valence-corrected chi connectivity index (χ0v) is 13.1. The molecule has 1 fully saturated rings. The first-order valence-electron chi connectivity index (χ1n) is 7.16. The van der Waals surface area contributed by atoms with Crippen LogP contribution in [0.5, 0.6) is 0 Å². The van der Waals surface area contributed by atoms with Crippen molar-refractivity contribution in [2.45, 2.75) is 18.5 Å². The maximum absolute atomic E-state index is 12.4. The van der Waals surface area contributed by atoms with Gasteiger partial charge in [-0.3, -0.25) is 9.59 Å². The Morgan fingerprint density at radius 3 is 2.79 bits per heavy atom. The van der Waals surface area contributed by atoms with Gasteiger partial charge in [-0.25, -0.2) is 4.79 Å². The summed E-state index contributed by atoms with van der Waals surface area (Å²) in [4.78, 5) is 37.6. The van der Waals surface area contributed by atoms with Crippen LogP contribution in [-0.4, -0.2) is 46.8 Å². The van der Waals surface area contributed by atoms with E-state index in [4.69, 9.17) is 21.4 Å². The van der Waals surface area contributed by atoms with Crippen molar-refractivity contribution in [3.8, 4) is 0 Å². The van der Waals surface area contributed by atoms with Gasteiger partial charge in [-0.1, -0.05) is 11.6 Å². The normalized spacial score (nSPS) is 20.5. The van der Waals surface area contributed by atoms with Crippen molar-refractivity contribution in [2.75, 3.05) is 6.61 Å². The largest absolute Gasteiger partial charge is 0.465 e.